The Morgan fingerprint density at radius 2 is 2.38 bits per heavy atom. The van der Waals surface area contributed by atoms with Gasteiger partial charge in [0.25, 0.3) is 0 Å². The monoisotopic (exact) mass is 264 g/mol. The van der Waals surface area contributed by atoms with Crippen molar-refractivity contribution >= 4 is 34.1 Å². The van der Waals surface area contributed by atoms with Gasteiger partial charge in [-0.05, 0) is 28.1 Å². The summed E-state index contributed by atoms with van der Waals surface area (Å²) in [5, 5.41) is 8.72. The summed E-state index contributed by atoms with van der Waals surface area (Å²) in [5.74, 6) is -0.972. The van der Waals surface area contributed by atoms with Crippen LogP contribution in [0.25, 0.3) is 0 Å². The van der Waals surface area contributed by atoms with Gasteiger partial charge in [0.15, 0.2) is 0 Å². The molecule has 0 saturated heterocycles. The van der Waals surface area contributed by atoms with Crippen LogP contribution in [0.3, 0.4) is 0 Å². The van der Waals surface area contributed by atoms with E-state index in [1.807, 2.05) is 0 Å². The van der Waals surface area contributed by atoms with Crippen molar-refractivity contribution in [1.82, 2.24) is 9.97 Å². The van der Waals surface area contributed by atoms with Crippen LogP contribution in [-0.2, 0) is 0 Å². The number of nitrogens with one attached hydrogen (secondary N) is 1. The molecule has 13 heavy (non-hydrogen) atoms. The number of carbonyl (C=O) groups is 1. The maximum Gasteiger partial charge on any atom is 0.353 e. The van der Waals surface area contributed by atoms with Gasteiger partial charge < -0.3 is 14.8 Å². The van der Waals surface area contributed by atoms with Crippen LogP contribution in [0, 0.1) is 4.77 Å². The molecule has 70 valence electrons. The first kappa shape index (κ1) is 10.1. The SMILES string of the molecule is COc1nc(=S)[nH]c(C(=O)O)c1Br. The zero-order chi connectivity index (χ0) is 10.0. The summed E-state index contributed by atoms with van der Waals surface area (Å²) in [4.78, 5) is 16.8. The van der Waals surface area contributed by atoms with E-state index in [2.05, 4.69) is 25.9 Å². The number of carboxylic acid groups (broad SMARTS) is 1. The van der Waals surface area contributed by atoms with Crippen molar-refractivity contribution < 1.29 is 14.6 Å². The average Bonchev–Trinajstić information content (AvgIpc) is 2.08. The van der Waals surface area contributed by atoms with Crippen LogP contribution in [0.15, 0.2) is 4.47 Å². The minimum atomic E-state index is -1.13. The van der Waals surface area contributed by atoms with Crippen LogP contribution in [0.4, 0.5) is 0 Å². The van der Waals surface area contributed by atoms with Crippen molar-refractivity contribution in [3.63, 3.8) is 0 Å². The van der Waals surface area contributed by atoms with E-state index in [1.54, 1.807) is 0 Å². The van der Waals surface area contributed by atoms with Crippen LogP contribution in [-0.4, -0.2) is 28.2 Å². The summed E-state index contributed by atoms with van der Waals surface area (Å²) < 4.78 is 5.12. The van der Waals surface area contributed by atoms with Crippen LogP contribution in [0.1, 0.15) is 10.5 Å². The molecule has 0 aliphatic heterocycles. The minimum Gasteiger partial charge on any atom is -0.480 e. The largest absolute Gasteiger partial charge is 0.480 e. The standard InChI is InChI=1S/C6H5BrN2O3S/c1-12-4-2(7)3(5(10)11)8-6(13)9-4/h1H3,(H,10,11)(H,8,9,13). The topological polar surface area (TPSA) is 75.2 Å². The highest BCUT2D eigenvalue weighted by Crippen LogP contribution is 2.24. The van der Waals surface area contributed by atoms with E-state index < -0.39 is 5.97 Å². The van der Waals surface area contributed by atoms with Crippen LogP contribution in [0.5, 0.6) is 5.88 Å². The maximum atomic E-state index is 10.7. The van der Waals surface area contributed by atoms with Crippen LogP contribution < -0.4 is 4.74 Å². The van der Waals surface area contributed by atoms with E-state index in [0.717, 1.165) is 0 Å². The maximum absolute atomic E-state index is 10.7. The van der Waals surface area contributed by atoms with E-state index in [1.165, 1.54) is 7.11 Å². The summed E-state index contributed by atoms with van der Waals surface area (Å²) in [7, 11) is 1.38. The second-order valence-corrected chi connectivity index (χ2v) is 3.23. The molecule has 1 heterocycles. The Balaban J connectivity index is 3.44. The Kier molecular flexibility index (Phi) is 2.99. The molecule has 0 radical (unpaired) electrons. The number of nitrogens with zero attached hydrogens (tertiary/aromatic N) is 1. The highest BCUT2D eigenvalue weighted by Gasteiger charge is 2.14. The molecule has 0 aliphatic rings. The van der Waals surface area contributed by atoms with Crippen molar-refractivity contribution in [1.29, 1.82) is 0 Å². The number of halogens is 1. The smallest absolute Gasteiger partial charge is 0.353 e. The fourth-order valence-corrected chi connectivity index (χ4v) is 1.42. The molecule has 5 nitrogen and oxygen atoms in total. The highest BCUT2D eigenvalue weighted by molar-refractivity contribution is 9.10. The van der Waals surface area contributed by atoms with E-state index in [9.17, 15) is 4.79 Å². The van der Waals surface area contributed by atoms with Gasteiger partial charge in [-0.25, -0.2) is 4.79 Å². The second kappa shape index (κ2) is 3.84. The molecule has 0 bridgehead atoms. The number of rotatable bonds is 2. The summed E-state index contributed by atoms with van der Waals surface area (Å²) >= 11 is 7.73. The molecule has 1 aromatic heterocycles. The molecule has 0 unspecified atom stereocenters. The zero-order valence-electron chi connectivity index (χ0n) is 6.50. The van der Waals surface area contributed by atoms with Gasteiger partial charge in [-0.1, -0.05) is 0 Å². The first-order chi connectivity index (χ1) is 6.06. The van der Waals surface area contributed by atoms with Gasteiger partial charge in [0.05, 0.1) is 7.11 Å². The summed E-state index contributed by atoms with van der Waals surface area (Å²) in [6.07, 6.45) is 0. The summed E-state index contributed by atoms with van der Waals surface area (Å²) in [6, 6.07) is 0. The molecule has 0 fully saturated rings. The molecule has 2 N–H and O–H groups in total. The molecule has 7 heteroatoms. The third-order valence-electron chi connectivity index (χ3n) is 1.25. The van der Waals surface area contributed by atoms with Crippen molar-refractivity contribution in [3.8, 4) is 5.88 Å². The third-order valence-corrected chi connectivity index (χ3v) is 2.18. The van der Waals surface area contributed by atoms with Crippen molar-refractivity contribution in [2.24, 2.45) is 0 Å². The molecule has 0 amide bonds. The lowest BCUT2D eigenvalue weighted by Gasteiger charge is -2.03. The number of carboxylic acids is 1. The van der Waals surface area contributed by atoms with Gasteiger partial charge in [0.2, 0.25) is 10.7 Å². The molecule has 0 atom stereocenters. The summed E-state index contributed by atoms with van der Waals surface area (Å²) in [6.45, 7) is 0. The minimum absolute atomic E-state index is 0.0671. The highest BCUT2D eigenvalue weighted by atomic mass is 79.9. The van der Waals surface area contributed by atoms with Gasteiger partial charge in [-0.3, -0.25) is 0 Å². The number of H-pyrrole nitrogens is 1. The first-order valence-corrected chi connectivity index (χ1v) is 4.33. The lowest BCUT2D eigenvalue weighted by molar-refractivity contribution is 0.0688. The van der Waals surface area contributed by atoms with Gasteiger partial charge in [0, 0.05) is 0 Å². The van der Waals surface area contributed by atoms with E-state index in [0.29, 0.717) is 0 Å². The van der Waals surface area contributed by atoms with E-state index >= 15 is 0 Å². The number of aromatic nitrogens is 2. The quantitative estimate of drug-likeness (QED) is 0.794. The Hall–Kier alpha value is -0.950. The van der Waals surface area contributed by atoms with Crippen molar-refractivity contribution in [3.05, 3.63) is 14.9 Å². The molecule has 0 aromatic carbocycles. The predicted octanol–water partition coefficient (Wildman–Crippen LogP) is 1.61. The number of aromatic amines is 1. The van der Waals surface area contributed by atoms with Gasteiger partial charge >= 0.3 is 5.97 Å². The second-order valence-electron chi connectivity index (χ2n) is 2.05. The van der Waals surface area contributed by atoms with E-state index in [4.69, 9.17) is 22.1 Å². The lowest BCUT2D eigenvalue weighted by Crippen LogP contribution is -2.05. The molecule has 1 aromatic rings. The normalized spacial score (nSPS) is 9.69. The van der Waals surface area contributed by atoms with Crippen LogP contribution in [0.2, 0.25) is 0 Å². The molecular formula is C6H5BrN2O3S. The molecule has 0 aliphatic carbocycles. The summed E-state index contributed by atoms with van der Waals surface area (Å²) in [5.41, 5.74) is -0.0724. The average molecular weight is 265 g/mol. The van der Waals surface area contributed by atoms with Crippen LogP contribution >= 0.6 is 28.1 Å². The molecular weight excluding hydrogens is 260 g/mol. The molecule has 1 rings (SSSR count). The Labute approximate surface area is 86.9 Å². The predicted molar refractivity (Wildman–Crippen MR) is 50.6 cm³/mol. The number of hydrogen-bond acceptors (Lipinski definition) is 4. The number of ether oxygens (including phenoxy) is 1. The van der Waals surface area contributed by atoms with E-state index in [-0.39, 0.29) is 20.8 Å². The third kappa shape index (κ3) is 2.04. The number of hydrogen-bond donors (Lipinski definition) is 2. The first-order valence-electron chi connectivity index (χ1n) is 3.13. The van der Waals surface area contributed by atoms with Gasteiger partial charge in [-0.15, -0.1) is 0 Å². The molecule has 0 spiro atoms. The zero-order valence-corrected chi connectivity index (χ0v) is 8.90. The number of methoxy groups -OCH3 is 1. The Morgan fingerprint density at radius 1 is 1.77 bits per heavy atom. The number of aromatic carboxylic acids is 1. The Bertz CT molecular complexity index is 403. The fraction of sp³-hybridized carbons (Fsp3) is 0.167. The van der Waals surface area contributed by atoms with Crippen molar-refractivity contribution in [2.45, 2.75) is 0 Å². The molecule has 0 saturated carbocycles. The van der Waals surface area contributed by atoms with Crippen molar-refractivity contribution in [2.75, 3.05) is 7.11 Å². The Morgan fingerprint density at radius 3 is 2.85 bits per heavy atom. The fourth-order valence-electron chi connectivity index (χ4n) is 0.721. The van der Waals surface area contributed by atoms with Gasteiger partial charge in [0.1, 0.15) is 10.2 Å². The van der Waals surface area contributed by atoms with Gasteiger partial charge in [-0.2, -0.15) is 4.98 Å². The lowest BCUT2D eigenvalue weighted by atomic mass is 10.4.